The Hall–Kier alpha value is -2.60. The van der Waals surface area contributed by atoms with Gasteiger partial charge in [0, 0.05) is 22.9 Å². The molecule has 0 heterocycles. The smallest absolute Gasteiger partial charge is 0.312 e. The number of benzene rings is 2. The molecule has 0 radical (unpaired) electrons. The van der Waals surface area contributed by atoms with Gasteiger partial charge in [0.2, 0.25) is 5.75 Å². The fraction of sp³-hybridized carbons (Fsp3) is 0.133. The molecule has 0 atom stereocenters. The van der Waals surface area contributed by atoms with Crippen LogP contribution < -0.4 is 4.74 Å². The summed E-state index contributed by atoms with van der Waals surface area (Å²) in [5, 5.41) is 20.8. The standard InChI is InChI=1S/C15H13ClN2O4/c1-22-13-4-2-3-10(5-13)8-17-9-11-6-12(16)7-14(15(11)19)18(20)21/h2-7,9,19H,8H2,1H3. The van der Waals surface area contributed by atoms with E-state index >= 15 is 0 Å². The van der Waals surface area contributed by atoms with Gasteiger partial charge in [-0.1, -0.05) is 23.7 Å². The lowest BCUT2D eigenvalue weighted by Gasteiger charge is -2.03. The lowest BCUT2D eigenvalue weighted by Crippen LogP contribution is -1.93. The molecule has 0 unspecified atom stereocenters. The highest BCUT2D eigenvalue weighted by Crippen LogP contribution is 2.32. The van der Waals surface area contributed by atoms with E-state index in [0.717, 1.165) is 11.6 Å². The minimum atomic E-state index is -0.694. The van der Waals surface area contributed by atoms with Crippen LogP contribution in [0.2, 0.25) is 5.02 Å². The summed E-state index contributed by atoms with van der Waals surface area (Å²) in [4.78, 5) is 14.3. The summed E-state index contributed by atoms with van der Waals surface area (Å²) in [6, 6.07) is 9.87. The van der Waals surface area contributed by atoms with Gasteiger partial charge in [-0.15, -0.1) is 0 Å². The number of halogens is 1. The first-order valence-electron chi connectivity index (χ1n) is 6.31. The van der Waals surface area contributed by atoms with Crippen LogP contribution in [0.15, 0.2) is 41.4 Å². The summed E-state index contributed by atoms with van der Waals surface area (Å²) in [5.41, 5.74) is 0.657. The number of rotatable bonds is 5. The zero-order chi connectivity index (χ0) is 16.1. The lowest BCUT2D eigenvalue weighted by molar-refractivity contribution is -0.385. The summed E-state index contributed by atoms with van der Waals surface area (Å²) in [6.07, 6.45) is 1.35. The summed E-state index contributed by atoms with van der Waals surface area (Å²) in [7, 11) is 1.57. The maximum Gasteiger partial charge on any atom is 0.312 e. The van der Waals surface area contributed by atoms with E-state index in [9.17, 15) is 15.2 Å². The third-order valence-electron chi connectivity index (χ3n) is 2.92. The van der Waals surface area contributed by atoms with Gasteiger partial charge in [-0.05, 0) is 23.8 Å². The number of aromatic hydroxyl groups is 1. The molecular weight excluding hydrogens is 308 g/mol. The van der Waals surface area contributed by atoms with E-state index in [1.165, 1.54) is 12.3 Å². The molecule has 114 valence electrons. The summed E-state index contributed by atoms with van der Waals surface area (Å²) >= 11 is 5.81. The third kappa shape index (κ3) is 3.73. The number of hydrogen-bond donors (Lipinski definition) is 1. The maximum atomic E-state index is 10.8. The number of phenolic OH excluding ortho intramolecular Hbond substituents is 1. The first kappa shape index (κ1) is 15.8. The van der Waals surface area contributed by atoms with Crippen LogP contribution in [0, 0.1) is 10.1 Å². The van der Waals surface area contributed by atoms with Crippen LogP contribution >= 0.6 is 11.6 Å². The summed E-state index contributed by atoms with van der Waals surface area (Å²) in [6.45, 7) is 0.344. The van der Waals surface area contributed by atoms with Gasteiger partial charge < -0.3 is 9.84 Å². The van der Waals surface area contributed by atoms with Crippen molar-refractivity contribution in [1.29, 1.82) is 0 Å². The monoisotopic (exact) mass is 320 g/mol. The van der Waals surface area contributed by atoms with Crippen LogP contribution in [0.1, 0.15) is 11.1 Å². The molecule has 2 aromatic rings. The average molecular weight is 321 g/mol. The number of nitro groups is 1. The minimum absolute atomic E-state index is 0.160. The third-order valence-corrected chi connectivity index (χ3v) is 3.14. The van der Waals surface area contributed by atoms with Gasteiger partial charge in [-0.25, -0.2) is 0 Å². The predicted octanol–water partition coefficient (Wildman–Crippen LogP) is 3.58. The molecule has 22 heavy (non-hydrogen) atoms. The fourth-order valence-electron chi connectivity index (χ4n) is 1.86. The van der Waals surface area contributed by atoms with Crippen LogP contribution in [-0.2, 0) is 6.54 Å². The van der Waals surface area contributed by atoms with Crippen molar-refractivity contribution in [3.63, 3.8) is 0 Å². The molecule has 0 aromatic heterocycles. The SMILES string of the molecule is COc1cccc(CN=Cc2cc(Cl)cc([N+](=O)[O-])c2O)c1. The van der Waals surface area contributed by atoms with Crippen molar-refractivity contribution < 1.29 is 14.8 Å². The highest BCUT2D eigenvalue weighted by Gasteiger charge is 2.17. The van der Waals surface area contributed by atoms with Crippen LogP contribution in [-0.4, -0.2) is 23.4 Å². The number of methoxy groups -OCH3 is 1. The van der Waals surface area contributed by atoms with E-state index in [2.05, 4.69) is 4.99 Å². The van der Waals surface area contributed by atoms with Crippen LogP contribution in [0.25, 0.3) is 0 Å². The largest absolute Gasteiger partial charge is 0.502 e. The van der Waals surface area contributed by atoms with Crippen molar-refractivity contribution in [1.82, 2.24) is 0 Å². The van der Waals surface area contributed by atoms with Crippen molar-refractivity contribution in [2.75, 3.05) is 7.11 Å². The molecule has 1 N–H and O–H groups in total. The zero-order valence-electron chi connectivity index (χ0n) is 11.7. The molecule has 6 nitrogen and oxygen atoms in total. The molecule has 2 aromatic carbocycles. The second-order valence-electron chi connectivity index (χ2n) is 4.44. The number of hydrogen-bond acceptors (Lipinski definition) is 5. The molecule has 0 aliphatic heterocycles. The topological polar surface area (TPSA) is 85.0 Å². The van der Waals surface area contributed by atoms with Gasteiger partial charge in [-0.2, -0.15) is 0 Å². The highest BCUT2D eigenvalue weighted by molar-refractivity contribution is 6.31. The van der Waals surface area contributed by atoms with Gasteiger partial charge in [0.1, 0.15) is 5.75 Å². The molecule has 0 spiro atoms. The van der Waals surface area contributed by atoms with Crippen LogP contribution in [0.3, 0.4) is 0 Å². The Bertz CT molecular complexity index is 731. The molecule has 0 bridgehead atoms. The first-order valence-corrected chi connectivity index (χ1v) is 6.68. The van der Waals surface area contributed by atoms with Gasteiger partial charge in [0.25, 0.3) is 0 Å². The Labute approximate surface area is 131 Å². The Morgan fingerprint density at radius 3 is 2.86 bits per heavy atom. The predicted molar refractivity (Wildman–Crippen MR) is 84.1 cm³/mol. The number of phenols is 1. The van der Waals surface area contributed by atoms with Crippen molar-refractivity contribution >= 4 is 23.5 Å². The highest BCUT2D eigenvalue weighted by atomic mass is 35.5. The van der Waals surface area contributed by atoms with Crippen LogP contribution in [0.4, 0.5) is 5.69 Å². The van der Waals surface area contributed by atoms with E-state index in [1.807, 2.05) is 24.3 Å². The van der Waals surface area contributed by atoms with Crippen LogP contribution in [0.5, 0.6) is 11.5 Å². The molecule has 0 saturated carbocycles. The second-order valence-corrected chi connectivity index (χ2v) is 4.88. The van der Waals surface area contributed by atoms with E-state index < -0.39 is 16.4 Å². The Balaban J connectivity index is 2.21. The number of ether oxygens (including phenoxy) is 1. The van der Waals surface area contributed by atoms with Gasteiger partial charge in [-0.3, -0.25) is 15.1 Å². The molecule has 0 aliphatic rings. The summed E-state index contributed by atoms with van der Waals surface area (Å²) < 4.78 is 5.11. The van der Waals surface area contributed by atoms with E-state index in [1.54, 1.807) is 7.11 Å². The Morgan fingerprint density at radius 1 is 1.41 bits per heavy atom. The molecule has 7 heteroatoms. The van der Waals surface area contributed by atoms with E-state index in [4.69, 9.17) is 16.3 Å². The molecule has 0 saturated heterocycles. The summed E-state index contributed by atoms with van der Waals surface area (Å²) in [5.74, 6) is 0.262. The van der Waals surface area contributed by atoms with Gasteiger partial charge >= 0.3 is 5.69 Å². The first-order chi connectivity index (χ1) is 10.5. The minimum Gasteiger partial charge on any atom is -0.502 e. The van der Waals surface area contributed by atoms with E-state index in [-0.39, 0.29) is 10.6 Å². The molecular formula is C15H13ClN2O4. The van der Waals surface area contributed by atoms with Crippen molar-refractivity contribution in [3.8, 4) is 11.5 Å². The maximum absolute atomic E-state index is 10.8. The number of nitrogens with zero attached hydrogens (tertiary/aromatic N) is 2. The van der Waals surface area contributed by atoms with Crippen molar-refractivity contribution in [2.24, 2.45) is 4.99 Å². The molecule has 0 fully saturated rings. The molecule has 2 rings (SSSR count). The molecule has 0 aliphatic carbocycles. The lowest BCUT2D eigenvalue weighted by atomic mass is 10.2. The zero-order valence-corrected chi connectivity index (χ0v) is 12.4. The Kier molecular flexibility index (Phi) is 4.95. The average Bonchev–Trinajstić information content (AvgIpc) is 2.50. The van der Waals surface area contributed by atoms with Gasteiger partial charge in [0.15, 0.2) is 0 Å². The second kappa shape index (κ2) is 6.91. The van der Waals surface area contributed by atoms with Crippen molar-refractivity contribution in [2.45, 2.75) is 6.54 Å². The fourth-order valence-corrected chi connectivity index (χ4v) is 2.08. The Morgan fingerprint density at radius 2 is 2.18 bits per heavy atom. The van der Waals surface area contributed by atoms with E-state index in [0.29, 0.717) is 12.3 Å². The number of aliphatic imine (C=N–C) groups is 1. The number of nitro benzene ring substituents is 1. The van der Waals surface area contributed by atoms with Gasteiger partial charge in [0.05, 0.1) is 18.6 Å². The van der Waals surface area contributed by atoms with Crippen molar-refractivity contribution in [3.05, 3.63) is 62.7 Å². The quantitative estimate of drug-likeness (QED) is 0.518. The molecule has 0 amide bonds. The normalized spacial score (nSPS) is 10.8.